The summed E-state index contributed by atoms with van der Waals surface area (Å²) in [4.78, 5) is 0. The molecule has 7 unspecified atom stereocenters. The van der Waals surface area contributed by atoms with Crippen molar-refractivity contribution in [1.29, 1.82) is 0 Å². The van der Waals surface area contributed by atoms with Gasteiger partial charge in [-0.25, -0.2) is 0 Å². The highest BCUT2D eigenvalue weighted by atomic mass is 16.3. The Morgan fingerprint density at radius 2 is 1.83 bits per heavy atom. The average molecular weight is 255 g/mol. The summed E-state index contributed by atoms with van der Waals surface area (Å²) in [6.07, 6.45) is 3.09. The van der Waals surface area contributed by atoms with E-state index in [1.165, 1.54) is 12.8 Å². The van der Waals surface area contributed by atoms with E-state index in [2.05, 4.69) is 34.6 Å². The van der Waals surface area contributed by atoms with Crippen molar-refractivity contribution in [2.75, 3.05) is 6.54 Å². The van der Waals surface area contributed by atoms with Gasteiger partial charge < -0.3 is 10.8 Å². The van der Waals surface area contributed by atoms with Gasteiger partial charge in [0.25, 0.3) is 0 Å². The van der Waals surface area contributed by atoms with Gasteiger partial charge in [-0.2, -0.15) is 0 Å². The molecule has 108 valence electrons. The molecule has 0 aliphatic heterocycles. The lowest BCUT2D eigenvalue weighted by atomic mass is 9.58. The van der Waals surface area contributed by atoms with Crippen LogP contribution in [0.15, 0.2) is 0 Å². The highest BCUT2D eigenvalue weighted by molar-refractivity contribution is 4.90. The first-order valence-electron chi connectivity index (χ1n) is 7.80. The minimum absolute atomic E-state index is 0.311. The Balaban J connectivity index is 2.82. The summed E-state index contributed by atoms with van der Waals surface area (Å²) in [7, 11) is 0. The second kappa shape index (κ2) is 6.91. The van der Waals surface area contributed by atoms with E-state index in [1.54, 1.807) is 0 Å². The molecule has 0 radical (unpaired) electrons. The van der Waals surface area contributed by atoms with E-state index < -0.39 is 0 Å². The molecule has 18 heavy (non-hydrogen) atoms. The molecule has 0 heterocycles. The van der Waals surface area contributed by atoms with Crippen LogP contribution in [-0.4, -0.2) is 17.8 Å². The molecule has 1 saturated carbocycles. The molecule has 0 aromatic heterocycles. The van der Waals surface area contributed by atoms with E-state index in [0.29, 0.717) is 12.5 Å². The third-order valence-electron chi connectivity index (χ3n) is 5.70. The molecule has 0 aromatic rings. The lowest BCUT2D eigenvalue weighted by Gasteiger charge is -2.47. The van der Waals surface area contributed by atoms with Gasteiger partial charge in [-0.1, -0.05) is 41.0 Å². The molecule has 0 aromatic carbocycles. The van der Waals surface area contributed by atoms with Crippen molar-refractivity contribution in [3.8, 4) is 0 Å². The van der Waals surface area contributed by atoms with Gasteiger partial charge in [0.15, 0.2) is 0 Å². The highest BCUT2D eigenvalue weighted by Gasteiger charge is 2.40. The minimum Gasteiger partial charge on any atom is -0.392 e. The zero-order valence-electron chi connectivity index (χ0n) is 12.9. The Kier molecular flexibility index (Phi) is 6.13. The van der Waals surface area contributed by atoms with Gasteiger partial charge in [0.2, 0.25) is 0 Å². The standard InChI is InChI=1S/C16H33NO/c1-6-10(2)16-13(5)12(4)11(3)7-14(16)8-15(18)9-17/h10-16,18H,6-9,17H2,1-5H3. The molecule has 2 heteroatoms. The average Bonchev–Trinajstić information content (AvgIpc) is 2.35. The van der Waals surface area contributed by atoms with E-state index >= 15 is 0 Å². The number of hydrogen-bond donors (Lipinski definition) is 2. The molecule has 1 aliphatic rings. The van der Waals surface area contributed by atoms with Crippen molar-refractivity contribution < 1.29 is 5.11 Å². The van der Waals surface area contributed by atoms with Crippen LogP contribution in [0.2, 0.25) is 0 Å². The maximum absolute atomic E-state index is 9.90. The van der Waals surface area contributed by atoms with Crippen molar-refractivity contribution in [3.63, 3.8) is 0 Å². The normalized spacial score (nSPS) is 40.5. The monoisotopic (exact) mass is 255 g/mol. The molecular weight excluding hydrogens is 222 g/mol. The molecule has 1 fully saturated rings. The predicted molar refractivity (Wildman–Crippen MR) is 78.2 cm³/mol. The number of nitrogens with two attached hydrogens (primary N) is 1. The van der Waals surface area contributed by atoms with Gasteiger partial charge in [0.05, 0.1) is 6.10 Å². The third kappa shape index (κ3) is 3.48. The van der Waals surface area contributed by atoms with Crippen LogP contribution >= 0.6 is 0 Å². The van der Waals surface area contributed by atoms with Gasteiger partial charge in [-0.15, -0.1) is 0 Å². The van der Waals surface area contributed by atoms with Crippen molar-refractivity contribution in [1.82, 2.24) is 0 Å². The Labute approximate surface area is 113 Å². The molecule has 1 aliphatic carbocycles. The highest BCUT2D eigenvalue weighted by Crippen LogP contribution is 2.47. The largest absolute Gasteiger partial charge is 0.392 e. The third-order valence-corrected chi connectivity index (χ3v) is 5.70. The van der Waals surface area contributed by atoms with Gasteiger partial charge in [0.1, 0.15) is 0 Å². The maximum Gasteiger partial charge on any atom is 0.0665 e. The molecular formula is C16H33NO. The summed E-state index contributed by atoms with van der Waals surface area (Å²) in [6.45, 7) is 12.3. The van der Waals surface area contributed by atoms with Gasteiger partial charge in [-0.3, -0.25) is 0 Å². The van der Waals surface area contributed by atoms with Gasteiger partial charge in [0, 0.05) is 6.54 Å². The molecule has 0 spiro atoms. The van der Waals surface area contributed by atoms with Crippen LogP contribution in [0, 0.1) is 35.5 Å². The number of rotatable bonds is 5. The Hall–Kier alpha value is -0.0800. The molecule has 2 nitrogen and oxygen atoms in total. The number of hydrogen-bond acceptors (Lipinski definition) is 2. The Bertz CT molecular complexity index is 241. The molecule has 1 rings (SSSR count). The zero-order chi connectivity index (χ0) is 13.9. The SMILES string of the molecule is CCC(C)C1C(CC(O)CN)CC(C)C(C)C1C. The zero-order valence-corrected chi connectivity index (χ0v) is 12.9. The summed E-state index contributed by atoms with van der Waals surface area (Å²) < 4.78 is 0. The molecule has 3 N–H and O–H groups in total. The first-order chi connectivity index (χ1) is 8.42. The lowest BCUT2D eigenvalue weighted by Crippen LogP contribution is -2.41. The molecule has 0 amide bonds. The molecule has 0 saturated heterocycles. The smallest absolute Gasteiger partial charge is 0.0665 e. The van der Waals surface area contributed by atoms with Crippen LogP contribution in [0.3, 0.4) is 0 Å². The lowest BCUT2D eigenvalue weighted by molar-refractivity contribution is 0.00309. The number of aliphatic hydroxyl groups is 1. The fourth-order valence-electron chi connectivity index (χ4n) is 4.10. The van der Waals surface area contributed by atoms with E-state index in [0.717, 1.165) is 36.0 Å². The Morgan fingerprint density at radius 1 is 1.22 bits per heavy atom. The van der Waals surface area contributed by atoms with Crippen LogP contribution < -0.4 is 5.73 Å². The fraction of sp³-hybridized carbons (Fsp3) is 1.00. The van der Waals surface area contributed by atoms with Crippen LogP contribution in [0.1, 0.15) is 53.9 Å². The maximum atomic E-state index is 9.90. The molecule has 7 atom stereocenters. The van der Waals surface area contributed by atoms with Gasteiger partial charge in [-0.05, 0) is 48.3 Å². The van der Waals surface area contributed by atoms with E-state index in [-0.39, 0.29) is 6.10 Å². The molecule has 0 bridgehead atoms. The Morgan fingerprint density at radius 3 is 2.33 bits per heavy atom. The summed E-state index contributed by atoms with van der Waals surface area (Å²) in [5.74, 6) is 4.50. The van der Waals surface area contributed by atoms with Crippen LogP contribution in [0.25, 0.3) is 0 Å². The summed E-state index contributed by atoms with van der Waals surface area (Å²) >= 11 is 0. The van der Waals surface area contributed by atoms with E-state index in [9.17, 15) is 5.11 Å². The van der Waals surface area contributed by atoms with Crippen molar-refractivity contribution in [2.24, 2.45) is 41.2 Å². The fourth-order valence-corrected chi connectivity index (χ4v) is 4.10. The predicted octanol–water partition coefficient (Wildman–Crippen LogP) is 3.29. The topological polar surface area (TPSA) is 46.2 Å². The summed E-state index contributed by atoms with van der Waals surface area (Å²) in [6, 6.07) is 0. The van der Waals surface area contributed by atoms with Crippen molar-refractivity contribution in [2.45, 2.75) is 60.0 Å². The first kappa shape index (κ1) is 16.0. The second-order valence-corrected chi connectivity index (χ2v) is 6.78. The first-order valence-corrected chi connectivity index (χ1v) is 7.80. The number of aliphatic hydroxyl groups excluding tert-OH is 1. The van der Waals surface area contributed by atoms with E-state index in [1.807, 2.05) is 0 Å². The summed E-state index contributed by atoms with van der Waals surface area (Å²) in [5.41, 5.74) is 5.59. The van der Waals surface area contributed by atoms with Crippen molar-refractivity contribution >= 4 is 0 Å². The summed E-state index contributed by atoms with van der Waals surface area (Å²) in [5, 5.41) is 9.90. The quantitative estimate of drug-likeness (QED) is 0.792. The second-order valence-electron chi connectivity index (χ2n) is 6.78. The minimum atomic E-state index is -0.311. The van der Waals surface area contributed by atoms with Crippen LogP contribution in [-0.2, 0) is 0 Å². The van der Waals surface area contributed by atoms with Gasteiger partial charge >= 0.3 is 0 Å². The van der Waals surface area contributed by atoms with E-state index in [4.69, 9.17) is 5.73 Å². The van der Waals surface area contributed by atoms with Crippen LogP contribution in [0.5, 0.6) is 0 Å². The van der Waals surface area contributed by atoms with Crippen molar-refractivity contribution in [3.05, 3.63) is 0 Å². The van der Waals surface area contributed by atoms with Crippen LogP contribution in [0.4, 0.5) is 0 Å².